The zero-order chi connectivity index (χ0) is 11.6. The topological polar surface area (TPSA) is 15.3 Å². The number of rotatable bonds is 5. The first-order valence-electron chi connectivity index (χ1n) is 6.84. The molecule has 92 valence electrons. The highest BCUT2D eigenvalue weighted by Gasteiger charge is 2.42. The first-order chi connectivity index (χ1) is 7.74. The fourth-order valence-electron chi connectivity index (χ4n) is 3.05. The molecule has 1 aliphatic heterocycles. The Morgan fingerprint density at radius 3 is 2.56 bits per heavy atom. The minimum absolute atomic E-state index is 0.356. The summed E-state index contributed by atoms with van der Waals surface area (Å²) in [6, 6.07) is 0.768. The van der Waals surface area contributed by atoms with Gasteiger partial charge in [-0.3, -0.25) is 4.90 Å². The number of nitrogens with one attached hydrogen (secondary N) is 1. The Morgan fingerprint density at radius 2 is 2.06 bits per heavy atom. The molecule has 2 nitrogen and oxygen atoms in total. The van der Waals surface area contributed by atoms with E-state index < -0.39 is 0 Å². The molecule has 1 atom stereocenters. The maximum Gasteiger partial charge on any atom is 0.0304 e. The van der Waals surface area contributed by atoms with Gasteiger partial charge in [0.15, 0.2) is 0 Å². The van der Waals surface area contributed by atoms with E-state index in [1.54, 1.807) is 0 Å². The molecule has 1 saturated carbocycles. The lowest BCUT2D eigenvalue weighted by atomic mass is 9.87. The van der Waals surface area contributed by atoms with E-state index in [-0.39, 0.29) is 0 Å². The van der Waals surface area contributed by atoms with Crippen LogP contribution in [0.5, 0.6) is 0 Å². The molecule has 0 radical (unpaired) electrons. The normalized spacial score (nSPS) is 30.2. The number of nitrogens with zero attached hydrogens (tertiary/aromatic N) is 1. The molecule has 16 heavy (non-hydrogen) atoms. The second-order valence-electron chi connectivity index (χ2n) is 5.49. The number of hydrogen-bond donors (Lipinski definition) is 1. The SMILES string of the molecule is C=CCN1CC(CC)(CC)NCC1C1CC1. The molecule has 1 N–H and O–H groups in total. The Kier molecular flexibility index (Phi) is 3.70. The lowest BCUT2D eigenvalue weighted by Gasteiger charge is -2.47. The van der Waals surface area contributed by atoms with E-state index >= 15 is 0 Å². The van der Waals surface area contributed by atoms with E-state index in [1.807, 2.05) is 0 Å². The van der Waals surface area contributed by atoms with Gasteiger partial charge in [0, 0.05) is 31.2 Å². The maximum absolute atomic E-state index is 3.91. The average molecular weight is 222 g/mol. The van der Waals surface area contributed by atoms with E-state index in [1.165, 1.54) is 38.8 Å². The van der Waals surface area contributed by atoms with Crippen LogP contribution in [0.1, 0.15) is 39.5 Å². The van der Waals surface area contributed by atoms with Crippen LogP contribution >= 0.6 is 0 Å². The molecule has 1 unspecified atom stereocenters. The first-order valence-corrected chi connectivity index (χ1v) is 6.84. The van der Waals surface area contributed by atoms with Gasteiger partial charge in [-0.05, 0) is 31.6 Å². The van der Waals surface area contributed by atoms with Gasteiger partial charge in [0.05, 0.1) is 0 Å². The molecule has 0 amide bonds. The van der Waals surface area contributed by atoms with Crippen LogP contribution in [0.2, 0.25) is 0 Å². The lowest BCUT2D eigenvalue weighted by Crippen LogP contribution is -2.64. The fourth-order valence-corrected chi connectivity index (χ4v) is 3.05. The highest BCUT2D eigenvalue weighted by molar-refractivity contribution is 5.02. The largest absolute Gasteiger partial charge is 0.308 e. The van der Waals surface area contributed by atoms with Gasteiger partial charge >= 0.3 is 0 Å². The van der Waals surface area contributed by atoms with Gasteiger partial charge < -0.3 is 5.32 Å². The molecule has 1 saturated heterocycles. The standard InChI is InChI=1S/C14H26N2/c1-4-9-16-11-14(5-2,6-3)15-10-13(16)12-7-8-12/h4,12-13,15H,1,5-11H2,2-3H3. The Balaban J connectivity index is 2.03. The van der Waals surface area contributed by atoms with Crippen LogP contribution in [0.25, 0.3) is 0 Å². The Bertz CT molecular complexity index is 241. The second kappa shape index (κ2) is 4.89. The second-order valence-corrected chi connectivity index (χ2v) is 5.49. The molecule has 2 rings (SSSR count). The van der Waals surface area contributed by atoms with Gasteiger partial charge in [-0.2, -0.15) is 0 Å². The van der Waals surface area contributed by atoms with Crippen LogP contribution in [0.4, 0.5) is 0 Å². The van der Waals surface area contributed by atoms with E-state index in [9.17, 15) is 0 Å². The molecule has 1 aliphatic carbocycles. The van der Waals surface area contributed by atoms with E-state index in [2.05, 4.69) is 36.7 Å². The van der Waals surface area contributed by atoms with Gasteiger partial charge in [-0.1, -0.05) is 19.9 Å². The summed E-state index contributed by atoms with van der Waals surface area (Å²) in [5, 5.41) is 3.82. The van der Waals surface area contributed by atoms with Crippen molar-refractivity contribution in [2.75, 3.05) is 19.6 Å². The van der Waals surface area contributed by atoms with Gasteiger partial charge in [0.2, 0.25) is 0 Å². The van der Waals surface area contributed by atoms with Crippen LogP contribution in [0.15, 0.2) is 12.7 Å². The van der Waals surface area contributed by atoms with Crippen molar-refractivity contribution in [2.24, 2.45) is 5.92 Å². The van der Waals surface area contributed by atoms with Crippen molar-refractivity contribution in [3.05, 3.63) is 12.7 Å². The van der Waals surface area contributed by atoms with Crippen molar-refractivity contribution in [1.29, 1.82) is 0 Å². The summed E-state index contributed by atoms with van der Waals surface area (Å²) in [6.45, 7) is 12.0. The Labute approximate surface area is 100 Å². The van der Waals surface area contributed by atoms with Crippen LogP contribution in [-0.4, -0.2) is 36.1 Å². The smallest absolute Gasteiger partial charge is 0.0304 e. The third kappa shape index (κ3) is 2.33. The molecule has 0 aromatic heterocycles. The molecule has 2 aliphatic rings. The Hall–Kier alpha value is -0.340. The van der Waals surface area contributed by atoms with Crippen molar-refractivity contribution in [3.8, 4) is 0 Å². The molecule has 0 aromatic carbocycles. The minimum atomic E-state index is 0.356. The molecule has 0 bridgehead atoms. The van der Waals surface area contributed by atoms with Gasteiger partial charge in [-0.25, -0.2) is 0 Å². The third-order valence-electron chi connectivity index (χ3n) is 4.54. The molecule has 1 heterocycles. The molecular weight excluding hydrogens is 196 g/mol. The molecule has 0 spiro atoms. The third-order valence-corrected chi connectivity index (χ3v) is 4.54. The van der Waals surface area contributed by atoms with Crippen molar-refractivity contribution in [3.63, 3.8) is 0 Å². The summed E-state index contributed by atoms with van der Waals surface area (Å²) >= 11 is 0. The Morgan fingerprint density at radius 1 is 1.38 bits per heavy atom. The molecular formula is C14H26N2. The minimum Gasteiger partial charge on any atom is -0.308 e. The van der Waals surface area contributed by atoms with E-state index in [4.69, 9.17) is 0 Å². The quantitative estimate of drug-likeness (QED) is 0.719. The summed E-state index contributed by atoms with van der Waals surface area (Å²) in [5.74, 6) is 0.958. The summed E-state index contributed by atoms with van der Waals surface area (Å²) in [5.41, 5.74) is 0.356. The zero-order valence-electron chi connectivity index (χ0n) is 10.8. The average Bonchev–Trinajstić information content (AvgIpc) is 3.13. The van der Waals surface area contributed by atoms with Crippen molar-refractivity contribution < 1.29 is 0 Å². The van der Waals surface area contributed by atoms with Gasteiger partial charge in [0.1, 0.15) is 0 Å². The molecule has 0 aromatic rings. The monoisotopic (exact) mass is 222 g/mol. The van der Waals surface area contributed by atoms with Crippen molar-refractivity contribution in [2.45, 2.75) is 51.1 Å². The van der Waals surface area contributed by atoms with E-state index in [0.717, 1.165) is 18.5 Å². The van der Waals surface area contributed by atoms with E-state index in [0.29, 0.717) is 5.54 Å². The molecule has 2 heteroatoms. The maximum atomic E-state index is 3.91. The first kappa shape index (κ1) is 12.1. The van der Waals surface area contributed by atoms with Crippen LogP contribution in [0.3, 0.4) is 0 Å². The van der Waals surface area contributed by atoms with Gasteiger partial charge in [0.25, 0.3) is 0 Å². The number of hydrogen-bond acceptors (Lipinski definition) is 2. The highest BCUT2D eigenvalue weighted by Crippen LogP contribution is 2.38. The van der Waals surface area contributed by atoms with Crippen molar-refractivity contribution in [1.82, 2.24) is 10.2 Å². The van der Waals surface area contributed by atoms with Crippen molar-refractivity contribution >= 4 is 0 Å². The highest BCUT2D eigenvalue weighted by atomic mass is 15.3. The zero-order valence-corrected chi connectivity index (χ0v) is 10.8. The predicted molar refractivity (Wildman–Crippen MR) is 69.6 cm³/mol. The summed E-state index contributed by atoms with van der Waals surface area (Å²) in [6.07, 6.45) is 7.40. The number of piperazine rings is 1. The molecule has 2 fully saturated rings. The van der Waals surface area contributed by atoms with Crippen LogP contribution in [0, 0.1) is 5.92 Å². The fraction of sp³-hybridized carbons (Fsp3) is 0.857. The summed E-state index contributed by atoms with van der Waals surface area (Å²) < 4.78 is 0. The predicted octanol–water partition coefficient (Wildman–Crippen LogP) is 2.42. The van der Waals surface area contributed by atoms with Gasteiger partial charge in [-0.15, -0.1) is 6.58 Å². The lowest BCUT2D eigenvalue weighted by molar-refractivity contribution is 0.0721. The van der Waals surface area contributed by atoms with Crippen LogP contribution < -0.4 is 5.32 Å². The van der Waals surface area contributed by atoms with Crippen LogP contribution in [-0.2, 0) is 0 Å². The summed E-state index contributed by atoms with van der Waals surface area (Å²) in [4.78, 5) is 2.66. The summed E-state index contributed by atoms with van der Waals surface area (Å²) in [7, 11) is 0.